The second-order valence-corrected chi connectivity index (χ2v) is 12.4. The Balaban J connectivity index is 1.15. The highest BCUT2D eigenvalue weighted by molar-refractivity contribution is 7.91. The van der Waals surface area contributed by atoms with Crippen molar-refractivity contribution < 1.29 is 27.7 Å². The summed E-state index contributed by atoms with van der Waals surface area (Å²) in [7, 11) is -3.59. The molecule has 0 bridgehead atoms. The van der Waals surface area contributed by atoms with Crippen LogP contribution in [0.25, 0.3) is 0 Å². The van der Waals surface area contributed by atoms with Crippen molar-refractivity contribution >= 4 is 21.4 Å². The van der Waals surface area contributed by atoms with Crippen molar-refractivity contribution in [3.05, 3.63) is 46.3 Å². The lowest BCUT2D eigenvalue weighted by Crippen LogP contribution is -2.35. The molecule has 1 aromatic heterocycles. The van der Waals surface area contributed by atoms with Crippen molar-refractivity contribution in [2.75, 3.05) is 26.3 Å². The van der Waals surface area contributed by atoms with Gasteiger partial charge < -0.3 is 24.6 Å². The molecule has 1 aliphatic heterocycles. The molecule has 0 radical (unpaired) electrons. The third-order valence-corrected chi connectivity index (χ3v) is 8.48. The highest BCUT2D eigenvalue weighted by atomic mass is 32.2. The van der Waals surface area contributed by atoms with Crippen LogP contribution >= 0.6 is 11.3 Å². The zero-order valence-electron chi connectivity index (χ0n) is 21.3. The summed E-state index contributed by atoms with van der Waals surface area (Å²) in [6, 6.07) is 7.45. The maximum absolute atomic E-state index is 11.3. The summed E-state index contributed by atoms with van der Waals surface area (Å²) in [5.41, 5.74) is 2.85. The van der Waals surface area contributed by atoms with Gasteiger partial charge in [-0.25, -0.2) is 13.6 Å². The molecule has 0 spiro atoms. The molecule has 0 aliphatic carbocycles. The Morgan fingerprint density at radius 1 is 1.14 bits per heavy atom. The summed E-state index contributed by atoms with van der Waals surface area (Å²) in [5, 5.41) is 20.8. The minimum Gasteiger partial charge on any atom is -0.463 e. The second kappa shape index (κ2) is 13.9. The smallest absolute Gasteiger partial charge is 0.247 e. The number of aryl methyl sites for hydroxylation is 1. The average Bonchev–Trinajstić information content (AvgIpc) is 3.31. The lowest BCUT2D eigenvalue weighted by molar-refractivity contribution is -0.180. The standard InChI is InChI=1S/C26H40N2O6S2/c1-26(2)33-18-22-16-21(10-11-24(22)34-26)23(29)17-28-12-6-3-4-7-13-32-14-8-5-9-20-15-25(35-19-20)36(27,30)31/h10-11,15-16,19,23,28-29H,3-9,12-14,17-18H2,1-2H3,(H2,27,30,31)/t23-/m1/s1. The van der Waals surface area contributed by atoms with Crippen LogP contribution in [0, 0.1) is 0 Å². The Hall–Kier alpha value is -1.53. The quantitative estimate of drug-likeness (QED) is 0.272. The van der Waals surface area contributed by atoms with Crippen molar-refractivity contribution in [1.29, 1.82) is 0 Å². The SMILES string of the molecule is CC1(C)OCc2cc([C@H](O)CNCCCCCCOCCCCc3csc(S(N)(=O)=O)c3)ccc2O1. The zero-order valence-corrected chi connectivity index (χ0v) is 23.0. The van der Waals surface area contributed by atoms with Gasteiger partial charge in [0.25, 0.3) is 0 Å². The van der Waals surface area contributed by atoms with Crippen LogP contribution in [0.5, 0.6) is 5.75 Å². The molecular weight excluding hydrogens is 500 g/mol. The molecule has 1 aromatic carbocycles. The zero-order chi connectivity index (χ0) is 26.0. The van der Waals surface area contributed by atoms with E-state index in [9.17, 15) is 13.5 Å². The van der Waals surface area contributed by atoms with Gasteiger partial charge in [0, 0.05) is 39.2 Å². The largest absolute Gasteiger partial charge is 0.463 e. The summed E-state index contributed by atoms with van der Waals surface area (Å²) in [4.78, 5) is 0. The lowest BCUT2D eigenvalue weighted by Gasteiger charge is -2.33. The Labute approximate surface area is 219 Å². The van der Waals surface area contributed by atoms with Crippen molar-refractivity contribution in [1.82, 2.24) is 5.32 Å². The molecule has 3 rings (SSSR count). The van der Waals surface area contributed by atoms with Crippen LogP contribution in [0.4, 0.5) is 0 Å². The Kier molecular flexibility index (Phi) is 11.2. The molecule has 1 aliphatic rings. The number of ether oxygens (including phenoxy) is 3. The van der Waals surface area contributed by atoms with Crippen molar-refractivity contribution in [3.8, 4) is 5.75 Å². The molecule has 0 unspecified atom stereocenters. The van der Waals surface area contributed by atoms with E-state index in [-0.39, 0.29) is 4.21 Å². The van der Waals surface area contributed by atoms with Gasteiger partial charge in [-0.2, -0.15) is 0 Å². The molecule has 1 atom stereocenters. The molecule has 8 nitrogen and oxygen atoms in total. The first-order valence-corrected chi connectivity index (χ1v) is 15.1. The fourth-order valence-electron chi connectivity index (χ4n) is 4.00. The van der Waals surface area contributed by atoms with E-state index in [1.54, 1.807) is 6.07 Å². The Bertz CT molecular complexity index is 1050. The lowest BCUT2D eigenvalue weighted by atomic mass is 10.0. The second-order valence-electron chi connectivity index (χ2n) is 9.68. The highest BCUT2D eigenvalue weighted by Gasteiger charge is 2.27. The van der Waals surface area contributed by atoms with E-state index < -0.39 is 21.9 Å². The average molecular weight is 541 g/mol. The number of primary sulfonamides is 1. The first kappa shape index (κ1) is 29.0. The van der Waals surface area contributed by atoms with E-state index in [0.717, 1.165) is 87.1 Å². The van der Waals surface area contributed by atoms with E-state index in [4.69, 9.17) is 19.3 Å². The fraction of sp³-hybridized carbons (Fsp3) is 0.615. The summed E-state index contributed by atoms with van der Waals surface area (Å²) < 4.78 is 40.0. The fourth-order valence-corrected chi connectivity index (χ4v) is 5.67. The van der Waals surface area contributed by atoms with Gasteiger partial charge in [-0.3, -0.25) is 0 Å². The molecule has 10 heteroatoms. The maximum atomic E-state index is 11.3. The summed E-state index contributed by atoms with van der Waals surface area (Å²) >= 11 is 1.18. The molecule has 0 amide bonds. The number of benzene rings is 1. The summed E-state index contributed by atoms with van der Waals surface area (Å²) in [5.74, 6) is 0.204. The summed E-state index contributed by atoms with van der Waals surface area (Å²) in [6.45, 7) is 7.15. The predicted octanol–water partition coefficient (Wildman–Crippen LogP) is 4.26. The molecule has 0 saturated carbocycles. The number of aliphatic hydroxyl groups excluding tert-OH is 1. The maximum Gasteiger partial charge on any atom is 0.247 e. The molecule has 202 valence electrons. The number of nitrogens with two attached hydrogens (primary N) is 1. The predicted molar refractivity (Wildman–Crippen MR) is 142 cm³/mol. The van der Waals surface area contributed by atoms with Gasteiger partial charge in [-0.05, 0) is 73.4 Å². The minimum atomic E-state index is -3.59. The topological polar surface area (TPSA) is 120 Å². The van der Waals surface area contributed by atoms with Gasteiger partial charge in [-0.15, -0.1) is 11.3 Å². The van der Waals surface area contributed by atoms with E-state index >= 15 is 0 Å². The number of fused-ring (bicyclic) bond motifs is 1. The van der Waals surface area contributed by atoms with Gasteiger partial charge >= 0.3 is 0 Å². The van der Waals surface area contributed by atoms with Crippen molar-refractivity contribution in [2.24, 2.45) is 5.14 Å². The van der Waals surface area contributed by atoms with Crippen molar-refractivity contribution in [2.45, 2.75) is 81.5 Å². The number of aliphatic hydroxyl groups is 1. The van der Waals surface area contributed by atoms with E-state index in [0.29, 0.717) is 13.2 Å². The van der Waals surface area contributed by atoms with Crippen LogP contribution < -0.4 is 15.2 Å². The number of sulfonamides is 1. The van der Waals surface area contributed by atoms with Gasteiger partial charge in [0.1, 0.15) is 9.96 Å². The van der Waals surface area contributed by atoms with E-state index in [1.165, 1.54) is 11.3 Å². The molecule has 0 fully saturated rings. The van der Waals surface area contributed by atoms with Crippen LogP contribution in [-0.4, -0.2) is 45.6 Å². The number of nitrogens with one attached hydrogen (secondary N) is 1. The molecule has 0 saturated heterocycles. The number of rotatable bonds is 16. The molecular formula is C26H40N2O6S2. The monoisotopic (exact) mass is 540 g/mol. The van der Waals surface area contributed by atoms with Crippen LogP contribution in [0.3, 0.4) is 0 Å². The van der Waals surface area contributed by atoms with E-state index in [2.05, 4.69) is 5.32 Å². The molecule has 2 heterocycles. The van der Waals surface area contributed by atoms with Crippen molar-refractivity contribution in [3.63, 3.8) is 0 Å². The van der Waals surface area contributed by atoms with Crippen LogP contribution in [0.1, 0.15) is 75.2 Å². The Morgan fingerprint density at radius 3 is 2.64 bits per heavy atom. The number of hydrogen-bond donors (Lipinski definition) is 3. The molecule has 2 aromatic rings. The minimum absolute atomic E-state index is 0.227. The van der Waals surface area contributed by atoms with Gasteiger partial charge in [0.2, 0.25) is 15.8 Å². The summed E-state index contributed by atoms with van der Waals surface area (Å²) in [6.07, 6.45) is 6.55. The van der Waals surface area contributed by atoms with Crippen LogP contribution in [0.2, 0.25) is 0 Å². The first-order valence-electron chi connectivity index (χ1n) is 12.7. The van der Waals surface area contributed by atoms with Crippen LogP contribution in [0.15, 0.2) is 33.9 Å². The number of hydrogen-bond acceptors (Lipinski definition) is 8. The Morgan fingerprint density at radius 2 is 1.89 bits per heavy atom. The van der Waals surface area contributed by atoms with Crippen LogP contribution in [-0.2, 0) is 32.5 Å². The first-order chi connectivity index (χ1) is 17.1. The van der Waals surface area contributed by atoms with E-state index in [1.807, 2.05) is 37.4 Å². The third-order valence-electron chi connectivity index (χ3n) is 6.04. The van der Waals surface area contributed by atoms with Gasteiger partial charge in [0.15, 0.2) is 0 Å². The molecule has 4 N–H and O–H groups in total. The van der Waals surface area contributed by atoms with Gasteiger partial charge in [0.05, 0.1) is 12.7 Å². The third kappa shape index (κ3) is 9.74. The number of thiophene rings is 1. The normalized spacial score (nSPS) is 15.9. The number of unbranched alkanes of at least 4 members (excludes halogenated alkanes) is 4. The molecule has 36 heavy (non-hydrogen) atoms. The van der Waals surface area contributed by atoms with Gasteiger partial charge in [-0.1, -0.05) is 18.9 Å². The highest BCUT2D eigenvalue weighted by Crippen LogP contribution is 2.32.